The first-order chi connectivity index (χ1) is 5.99. The van der Waals surface area contributed by atoms with Gasteiger partial charge in [-0.1, -0.05) is 20.3 Å². The highest BCUT2D eigenvalue weighted by Crippen LogP contribution is 2.07. The second-order valence-corrected chi connectivity index (χ2v) is 2.98. The zero-order valence-electron chi connectivity index (χ0n) is 7.78. The molecule has 0 heterocycles. The molecule has 5 nitrogen and oxygen atoms in total. The number of rotatable bonds is 6. The van der Waals surface area contributed by atoms with E-state index in [0.29, 0.717) is 6.42 Å². The van der Waals surface area contributed by atoms with Crippen molar-refractivity contribution < 1.29 is 19.8 Å². The Hall–Kier alpha value is -1.10. The minimum absolute atomic E-state index is 0.0724. The van der Waals surface area contributed by atoms with Crippen LogP contribution in [0.5, 0.6) is 0 Å². The molecule has 0 saturated carbocycles. The van der Waals surface area contributed by atoms with E-state index in [4.69, 9.17) is 10.2 Å². The number of aliphatic carboxylic acids is 2. The van der Waals surface area contributed by atoms with Crippen LogP contribution in [-0.2, 0) is 9.59 Å². The van der Waals surface area contributed by atoms with Crippen molar-refractivity contribution in [3.63, 3.8) is 0 Å². The maximum absolute atomic E-state index is 10.7. The molecule has 0 spiro atoms. The van der Waals surface area contributed by atoms with Gasteiger partial charge in [0, 0.05) is 0 Å². The van der Waals surface area contributed by atoms with Crippen molar-refractivity contribution in [3.8, 4) is 0 Å². The van der Waals surface area contributed by atoms with Crippen LogP contribution in [0, 0.1) is 5.92 Å². The van der Waals surface area contributed by atoms with E-state index in [1.54, 1.807) is 6.92 Å². The molecule has 0 aliphatic rings. The van der Waals surface area contributed by atoms with Crippen molar-refractivity contribution in [2.75, 3.05) is 6.54 Å². The smallest absolute Gasteiger partial charge is 0.320 e. The lowest BCUT2D eigenvalue weighted by Crippen LogP contribution is -2.43. The third-order valence-electron chi connectivity index (χ3n) is 1.95. The van der Waals surface area contributed by atoms with Crippen LogP contribution in [0.2, 0.25) is 0 Å². The Balaban J connectivity index is 4.10. The van der Waals surface area contributed by atoms with E-state index in [2.05, 4.69) is 5.32 Å². The molecule has 0 aromatic heterocycles. The fourth-order valence-electron chi connectivity index (χ4n) is 0.965. The fourth-order valence-corrected chi connectivity index (χ4v) is 0.965. The third-order valence-corrected chi connectivity index (χ3v) is 1.95. The molecule has 0 rings (SSSR count). The number of hydrogen-bond donors (Lipinski definition) is 3. The molecular weight excluding hydrogens is 174 g/mol. The van der Waals surface area contributed by atoms with Gasteiger partial charge in [0.15, 0.2) is 0 Å². The van der Waals surface area contributed by atoms with E-state index in [0.717, 1.165) is 0 Å². The average Bonchev–Trinajstić information content (AvgIpc) is 2.03. The van der Waals surface area contributed by atoms with Crippen LogP contribution < -0.4 is 5.32 Å². The summed E-state index contributed by atoms with van der Waals surface area (Å²) in [5.41, 5.74) is 0. The quantitative estimate of drug-likeness (QED) is 0.554. The number of hydrogen-bond acceptors (Lipinski definition) is 3. The highest BCUT2D eigenvalue weighted by Gasteiger charge is 2.23. The second kappa shape index (κ2) is 5.53. The monoisotopic (exact) mass is 189 g/mol. The van der Waals surface area contributed by atoms with Crippen molar-refractivity contribution in [1.82, 2.24) is 5.32 Å². The Labute approximate surface area is 76.8 Å². The average molecular weight is 189 g/mol. The Kier molecular flexibility index (Phi) is 5.06. The molecular formula is C8H15NO4. The van der Waals surface area contributed by atoms with Gasteiger partial charge in [0.2, 0.25) is 0 Å². The number of carboxylic acids is 2. The highest BCUT2D eigenvalue weighted by molar-refractivity contribution is 5.75. The number of nitrogens with one attached hydrogen (secondary N) is 1. The molecule has 2 atom stereocenters. The van der Waals surface area contributed by atoms with Gasteiger partial charge in [-0.3, -0.25) is 14.9 Å². The summed E-state index contributed by atoms with van der Waals surface area (Å²) in [6.45, 7) is 3.32. The predicted molar refractivity (Wildman–Crippen MR) is 46.5 cm³/mol. The first-order valence-electron chi connectivity index (χ1n) is 4.17. The van der Waals surface area contributed by atoms with Crippen molar-refractivity contribution in [1.29, 1.82) is 0 Å². The summed E-state index contributed by atoms with van der Waals surface area (Å²) >= 11 is 0. The zero-order valence-corrected chi connectivity index (χ0v) is 7.78. The van der Waals surface area contributed by atoms with Crippen molar-refractivity contribution in [2.45, 2.75) is 26.3 Å². The Morgan fingerprint density at radius 1 is 1.38 bits per heavy atom. The van der Waals surface area contributed by atoms with E-state index in [9.17, 15) is 9.59 Å². The Morgan fingerprint density at radius 3 is 2.23 bits per heavy atom. The van der Waals surface area contributed by atoms with E-state index in [-0.39, 0.29) is 12.5 Å². The lowest BCUT2D eigenvalue weighted by atomic mass is 9.99. The summed E-state index contributed by atoms with van der Waals surface area (Å²) in [7, 11) is 0. The summed E-state index contributed by atoms with van der Waals surface area (Å²) in [5.74, 6) is -2.12. The topological polar surface area (TPSA) is 86.6 Å². The fraction of sp³-hybridized carbons (Fsp3) is 0.750. The van der Waals surface area contributed by atoms with Crippen molar-refractivity contribution >= 4 is 11.9 Å². The van der Waals surface area contributed by atoms with Gasteiger partial charge in [0.05, 0.1) is 6.54 Å². The largest absolute Gasteiger partial charge is 0.480 e. The lowest BCUT2D eigenvalue weighted by molar-refractivity contribution is -0.141. The normalized spacial score (nSPS) is 14.9. The molecule has 0 aromatic rings. The zero-order chi connectivity index (χ0) is 10.4. The van der Waals surface area contributed by atoms with Crippen molar-refractivity contribution in [3.05, 3.63) is 0 Å². The SMILES string of the molecule is CCC(C)C(NCC(=O)O)C(=O)O. The van der Waals surface area contributed by atoms with Gasteiger partial charge in [-0.15, -0.1) is 0 Å². The molecule has 0 bridgehead atoms. The van der Waals surface area contributed by atoms with Crippen molar-refractivity contribution in [2.24, 2.45) is 5.92 Å². The lowest BCUT2D eigenvalue weighted by Gasteiger charge is -2.18. The molecule has 5 heteroatoms. The second-order valence-electron chi connectivity index (χ2n) is 2.98. The van der Waals surface area contributed by atoms with Crippen LogP contribution in [0.1, 0.15) is 20.3 Å². The van der Waals surface area contributed by atoms with Gasteiger partial charge in [-0.2, -0.15) is 0 Å². The molecule has 76 valence electrons. The van der Waals surface area contributed by atoms with Gasteiger partial charge < -0.3 is 10.2 Å². The summed E-state index contributed by atoms with van der Waals surface area (Å²) in [4.78, 5) is 20.8. The predicted octanol–water partition coefficient (Wildman–Crippen LogP) is 0.160. The molecule has 0 radical (unpaired) electrons. The maximum Gasteiger partial charge on any atom is 0.320 e. The third kappa shape index (κ3) is 4.47. The minimum Gasteiger partial charge on any atom is -0.480 e. The molecule has 0 aliphatic heterocycles. The van der Waals surface area contributed by atoms with E-state index < -0.39 is 18.0 Å². The van der Waals surface area contributed by atoms with Gasteiger partial charge >= 0.3 is 11.9 Å². The molecule has 3 N–H and O–H groups in total. The van der Waals surface area contributed by atoms with E-state index >= 15 is 0 Å². The number of carbonyl (C=O) groups is 2. The van der Waals surface area contributed by atoms with Crippen LogP contribution in [0.4, 0.5) is 0 Å². The first-order valence-corrected chi connectivity index (χ1v) is 4.17. The van der Waals surface area contributed by atoms with Crippen LogP contribution >= 0.6 is 0 Å². The van der Waals surface area contributed by atoms with Crippen LogP contribution in [-0.4, -0.2) is 34.7 Å². The van der Waals surface area contributed by atoms with Crippen LogP contribution in [0.3, 0.4) is 0 Å². The Bertz CT molecular complexity index is 193. The number of carboxylic acid groups (broad SMARTS) is 2. The molecule has 0 amide bonds. The summed E-state index contributed by atoms with van der Waals surface area (Å²) in [6, 6.07) is -0.777. The van der Waals surface area contributed by atoms with Crippen LogP contribution in [0.15, 0.2) is 0 Å². The summed E-state index contributed by atoms with van der Waals surface area (Å²) in [6.07, 6.45) is 0.698. The van der Waals surface area contributed by atoms with E-state index in [1.165, 1.54) is 0 Å². The maximum atomic E-state index is 10.7. The highest BCUT2D eigenvalue weighted by atomic mass is 16.4. The summed E-state index contributed by atoms with van der Waals surface area (Å²) < 4.78 is 0. The van der Waals surface area contributed by atoms with Gasteiger partial charge in [0.1, 0.15) is 6.04 Å². The van der Waals surface area contributed by atoms with Crippen LogP contribution in [0.25, 0.3) is 0 Å². The van der Waals surface area contributed by atoms with Gasteiger partial charge in [0.25, 0.3) is 0 Å². The molecule has 0 fully saturated rings. The van der Waals surface area contributed by atoms with Gasteiger partial charge in [-0.25, -0.2) is 0 Å². The molecule has 0 saturated heterocycles. The Morgan fingerprint density at radius 2 is 1.92 bits per heavy atom. The molecule has 0 aromatic carbocycles. The first kappa shape index (κ1) is 11.9. The minimum atomic E-state index is -1.05. The van der Waals surface area contributed by atoms with Gasteiger partial charge in [-0.05, 0) is 5.92 Å². The standard InChI is InChI=1S/C8H15NO4/c1-3-5(2)7(8(12)13)9-4-6(10)11/h5,7,9H,3-4H2,1-2H3,(H,10,11)(H,12,13). The molecule has 2 unspecified atom stereocenters. The summed E-state index contributed by atoms with van der Waals surface area (Å²) in [5, 5.41) is 19.5. The molecule has 13 heavy (non-hydrogen) atoms. The van der Waals surface area contributed by atoms with E-state index in [1.807, 2.05) is 6.92 Å². The molecule has 0 aliphatic carbocycles.